The minimum Gasteiger partial charge on any atom is -0.495 e. The number of rotatable bonds is 4. The van der Waals surface area contributed by atoms with E-state index in [1.165, 1.54) is 6.20 Å². The first kappa shape index (κ1) is 15.6. The van der Waals surface area contributed by atoms with E-state index in [1.54, 1.807) is 36.3 Å². The van der Waals surface area contributed by atoms with Crippen molar-refractivity contribution in [3.8, 4) is 17.7 Å². The Morgan fingerprint density at radius 3 is 2.92 bits per heavy atom. The molecule has 2 heterocycles. The molecule has 0 radical (unpaired) electrons. The third kappa shape index (κ3) is 3.38. The number of hydrogen-bond donors (Lipinski definition) is 1. The Hall–Kier alpha value is -3.27. The number of benzene rings is 1. The molecule has 7 heteroatoms. The number of ether oxygens (including phenoxy) is 2. The molecule has 1 aromatic carbocycles. The van der Waals surface area contributed by atoms with Crippen molar-refractivity contribution in [2.45, 2.75) is 6.10 Å². The molecule has 1 aliphatic heterocycles. The fourth-order valence-electron chi connectivity index (χ4n) is 2.33. The number of amides is 2. The van der Waals surface area contributed by atoms with Crippen molar-refractivity contribution in [1.82, 2.24) is 9.88 Å². The normalized spacial score (nSPS) is 13.6. The zero-order valence-electron chi connectivity index (χ0n) is 13.1. The van der Waals surface area contributed by atoms with Gasteiger partial charge in [-0.25, -0.2) is 9.78 Å². The molecule has 2 amide bonds. The van der Waals surface area contributed by atoms with Gasteiger partial charge in [-0.15, -0.1) is 0 Å². The van der Waals surface area contributed by atoms with E-state index in [2.05, 4.69) is 10.3 Å². The molecule has 0 aliphatic carbocycles. The van der Waals surface area contributed by atoms with Crippen molar-refractivity contribution in [1.29, 1.82) is 5.26 Å². The van der Waals surface area contributed by atoms with Gasteiger partial charge in [0.05, 0.1) is 37.5 Å². The average Bonchev–Trinajstić information content (AvgIpc) is 2.58. The van der Waals surface area contributed by atoms with Crippen LogP contribution in [0.4, 0.5) is 10.5 Å². The largest absolute Gasteiger partial charge is 0.495 e. The lowest BCUT2D eigenvalue weighted by Crippen LogP contribution is -2.57. The molecule has 24 heavy (non-hydrogen) atoms. The van der Waals surface area contributed by atoms with Gasteiger partial charge < -0.3 is 19.7 Å². The Kier molecular flexibility index (Phi) is 4.47. The van der Waals surface area contributed by atoms with Crippen molar-refractivity contribution in [3.63, 3.8) is 0 Å². The van der Waals surface area contributed by atoms with E-state index in [1.807, 2.05) is 18.2 Å². The Morgan fingerprint density at radius 1 is 1.38 bits per heavy atom. The van der Waals surface area contributed by atoms with E-state index in [0.717, 1.165) is 0 Å². The molecule has 122 valence electrons. The van der Waals surface area contributed by atoms with Gasteiger partial charge in [0.15, 0.2) is 0 Å². The Bertz CT molecular complexity index is 781. The Labute approximate surface area is 139 Å². The highest BCUT2D eigenvalue weighted by Gasteiger charge is 2.33. The number of anilines is 1. The molecular weight excluding hydrogens is 308 g/mol. The molecule has 1 N–H and O–H groups in total. The molecule has 0 saturated carbocycles. The minimum absolute atomic E-state index is 0.130. The van der Waals surface area contributed by atoms with Gasteiger partial charge in [0.1, 0.15) is 11.9 Å². The summed E-state index contributed by atoms with van der Waals surface area (Å²) in [6.45, 7) is 0.916. The van der Waals surface area contributed by atoms with Crippen LogP contribution < -0.4 is 14.8 Å². The number of urea groups is 1. The summed E-state index contributed by atoms with van der Waals surface area (Å²) in [5.74, 6) is 1.00. The summed E-state index contributed by atoms with van der Waals surface area (Å²) < 4.78 is 10.9. The number of nitrogens with zero attached hydrogens (tertiary/aromatic N) is 3. The molecule has 0 atom stereocenters. The fourth-order valence-corrected chi connectivity index (χ4v) is 2.33. The number of nitriles is 1. The minimum atomic E-state index is -0.210. The molecule has 1 aromatic heterocycles. The Balaban J connectivity index is 1.52. The van der Waals surface area contributed by atoms with Crippen LogP contribution in [0, 0.1) is 11.3 Å². The molecule has 0 spiro atoms. The van der Waals surface area contributed by atoms with Crippen molar-refractivity contribution >= 4 is 11.7 Å². The monoisotopic (exact) mass is 324 g/mol. The maximum Gasteiger partial charge on any atom is 0.322 e. The first-order valence-electron chi connectivity index (χ1n) is 7.41. The van der Waals surface area contributed by atoms with E-state index >= 15 is 0 Å². The van der Waals surface area contributed by atoms with Crippen LogP contribution in [0.3, 0.4) is 0 Å². The van der Waals surface area contributed by atoms with Gasteiger partial charge >= 0.3 is 6.03 Å². The summed E-state index contributed by atoms with van der Waals surface area (Å²) in [7, 11) is 1.56. The number of methoxy groups -OCH3 is 1. The molecular formula is C17H16N4O3. The third-order valence-electron chi connectivity index (χ3n) is 3.64. The van der Waals surface area contributed by atoms with Crippen LogP contribution >= 0.6 is 0 Å². The standard InChI is InChI=1S/C17H16N4O3/c1-23-15-5-3-2-4-14(15)20-17(22)21-10-13(11-21)24-16-8-12(9-18)6-7-19-16/h2-8,13H,10-11H2,1H3,(H,20,22). The van der Waals surface area contributed by atoms with E-state index < -0.39 is 0 Å². The molecule has 0 bridgehead atoms. The zero-order valence-corrected chi connectivity index (χ0v) is 13.1. The van der Waals surface area contributed by atoms with Gasteiger partial charge in [-0.3, -0.25) is 0 Å². The van der Waals surface area contributed by atoms with E-state index in [0.29, 0.717) is 36.0 Å². The Morgan fingerprint density at radius 2 is 2.17 bits per heavy atom. The molecule has 3 rings (SSSR count). The topological polar surface area (TPSA) is 87.5 Å². The van der Waals surface area contributed by atoms with Crippen LogP contribution in [0.1, 0.15) is 5.56 Å². The van der Waals surface area contributed by atoms with Gasteiger partial charge in [0, 0.05) is 12.3 Å². The first-order valence-corrected chi connectivity index (χ1v) is 7.41. The predicted molar refractivity (Wildman–Crippen MR) is 87.0 cm³/mol. The number of likely N-dealkylation sites (tertiary alicyclic amines) is 1. The van der Waals surface area contributed by atoms with Gasteiger partial charge in [0.25, 0.3) is 0 Å². The number of para-hydroxylation sites is 2. The highest BCUT2D eigenvalue weighted by atomic mass is 16.5. The summed E-state index contributed by atoms with van der Waals surface area (Å²) in [4.78, 5) is 17.9. The van der Waals surface area contributed by atoms with Gasteiger partial charge in [-0.05, 0) is 18.2 Å². The number of aromatic nitrogens is 1. The summed E-state index contributed by atoms with van der Waals surface area (Å²) in [5.41, 5.74) is 1.11. The quantitative estimate of drug-likeness (QED) is 0.932. The number of hydrogen-bond acceptors (Lipinski definition) is 5. The van der Waals surface area contributed by atoms with Gasteiger partial charge in [-0.2, -0.15) is 5.26 Å². The van der Waals surface area contributed by atoms with Crippen molar-refractivity contribution < 1.29 is 14.3 Å². The van der Waals surface area contributed by atoms with Crippen LogP contribution in [0.2, 0.25) is 0 Å². The van der Waals surface area contributed by atoms with E-state index in [-0.39, 0.29) is 12.1 Å². The van der Waals surface area contributed by atoms with Crippen LogP contribution in [0.15, 0.2) is 42.6 Å². The van der Waals surface area contributed by atoms with Crippen LogP contribution in [-0.4, -0.2) is 42.2 Å². The number of nitrogens with one attached hydrogen (secondary N) is 1. The third-order valence-corrected chi connectivity index (χ3v) is 3.64. The smallest absolute Gasteiger partial charge is 0.322 e. The summed E-state index contributed by atoms with van der Waals surface area (Å²) in [6.07, 6.45) is 1.40. The molecule has 2 aromatic rings. The number of pyridine rings is 1. The van der Waals surface area contributed by atoms with Crippen LogP contribution in [0.5, 0.6) is 11.6 Å². The number of carbonyl (C=O) groups excluding carboxylic acids is 1. The number of carbonyl (C=O) groups is 1. The molecule has 7 nitrogen and oxygen atoms in total. The predicted octanol–water partition coefficient (Wildman–Crippen LogP) is 2.26. The SMILES string of the molecule is COc1ccccc1NC(=O)N1CC(Oc2cc(C#N)ccn2)C1. The van der Waals surface area contributed by atoms with Crippen molar-refractivity contribution in [3.05, 3.63) is 48.2 Å². The van der Waals surface area contributed by atoms with Gasteiger partial charge in [0.2, 0.25) is 5.88 Å². The molecule has 1 fully saturated rings. The zero-order chi connectivity index (χ0) is 16.9. The van der Waals surface area contributed by atoms with E-state index in [4.69, 9.17) is 14.7 Å². The maximum absolute atomic E-state index is 12.2. The fraction of sp³-hybridized carbons (Fsp3) is 0.235. The average molecular weight is 324 g/mol. The van der Waals surface area contributed by atoms with Crippen LogP contribution in [0.25, 0.3) is 0 Å². The molecule has 1 saturated heterocycles. The van der Waals surface area contributed by atoms with E-state index in [9.17, 15) is 4.79 Å². The lowest BCUT2D eigenvalue weighted by molar-refractivity contribution is 0.0460. The second-order valence-corrected chi connectivity index (χ2v) is 5.27. The van der Waals surface area contributed by atoms with Gasteiger partial charge in [-0.1, -0.05) is 12.1 Å². The summed E-state index contributed by atoms with van der Waals surface area (Å²) >= 11 is 0. The first-order chi connectivity index (χ1) is 11.7. The molecule has 1 aliphatic rings. The second-order valence-electron chi connectivity index (χ2n) is 5.27. The molecule has 0 unspecified atom stereocenters. The van der Waals surface area contributed by atoms with Crippen molar-refractivity contribution in [2.75, 3.05) is 25.5 Å². The second kappa shape index (κ2) is 6.87. The lowest BCUT2D eigenvalue weighted by atomic mass is 10.2. The summed E-state index contributed by atoms with van der Waals surface area (Å²) in [6, 6.07) is 12.2. The maximum atomic E-state index is 12.2. The van der Waals surface area contributed by atoms with Crippen LogP contribution in [-0.2, 0) is 0 Å². The van der Waals surface area contributed by atoms with Crippen molar-refractivity contribution in [2.24, 2.45) is 0 Å². The summed E-state index contributed by atoms with van der Waals surface area (Å²) in [5, 5.41) is 11.7. The highest BCUT2D eigenvalue weighted by Crippen LogP contribution is 2.24. The highest BCUT2D eigenvalue weighted by molar-refractivity contribution is 5.91. The lowest BCUT2D eigenvalue weighted by Gasteiger charge is -2.38.